The molecule has 11 heavy (non-hydrogen) atoms. The van der Waals surface area contributed by atoms with E-state index < -0.39 is 0 Å². The Morgan fingerprint density at radius 3 is 2.09 bits per heavy atom. The smallest absolute Gasteiger partial charge is 0.374 e. The van der Waals surface area contributed by atoms with Gasteiger partial charge >= 0.3 is 5.89 Å². The molecule has 0 bridgehead atoms. The second-order valence-corrected chi connectivity index (χ2v) is 3.34. The summed E-state index contributed by atoms with van der Waals surface area (Å²) >= 11 is 0. The quantitative estimate of drug-likeness (QED) is 0.652. The van der Waals surface area contributed by atoms with Gasteiger partial charge in [-0.1, -0.05) is 18.9 Å². The molecule has 0 fully saturated rings. The summed E-state index contributed by atoms with van der Waals surface area (Å²) in [5.41, 5.74) is 0. The van der Waals surface area contributed by atoms with Crippen LogP contribution in [0.4, 0.5) is 0 Å². The van der Waals surface area contributed by atoms with Gasteiger partial charge in [-0.2, -0.15) is 0 Å². The van der Waals surface area contributed by atoms with Gasteiger partial charge in [-0.3, -0.25) is 0 Å². The number of hydrogen-bond acceptors (Lipinski definition) is 2. The Balaban J connectivity index is 2.82. The van der Waals surface area contributed by atoms with Gasteiger partial charge in [0.05, 0.1) is 5.92 Å². The zero-order valence-corrected chi connectivity index (χ0v) is 7.51. The minimum Gasteiger partial charge on any atom is -0.385 e. The summed E-state index contributed by atoms with van der Waals surface area (Å²) in [5, 5.41) is 6.92. The average Bonchev–Trinajstić information content (AvgIpc) is 2.33. The normalized spacial score (nSPS) is 11.5. The standard InChI is InChI=1S/C8H14N2O/c1-5(2)7-9-10-8(11-7)6(3)4/h5-6H,1-4H3/p+1. The molecule has 0 aliphatic heterocycles. The van der Waals surface area contributed by atoms with Crippen LogP contribution < -0.4 is 5.10 Å². The zero-order chi connectivity index (χ0) is 8.43. The third-order valence-corrected chi connectivity index (χ3v) is 1.51. The molecule has 1 rings (SSSR count). The summed E-state index contributed by atoms with van der Waals surface area (Å²) in [6, 6.07) is 0. The number of nitrogens with one attached hydrogen (secondary N) is 1. The minimum atomic E-state index is 0.360. The van der Waals surface area contributed by atoms with Crippen LogP contribution in [0.25, 0.3) is 0 Å². The molecule has 0 aliphatic carbocycles. The van der Waals surface area contributed by atoms with E-state index in [0.717, 1.165) is 11.8 Å². The van der Waals surface area contributed by atoms with Crippen LogP contribution in [0, 0.1) is 0 Å². The highest BCUT2D eigenvalue weighted by molar-refractivity contribution is 4.84. The molecule has 1 heterocycles. The van der Waals surface area contributed by atoms with Crippen LogP contribution in [-0.2, 0) is 0 Å². The molecule has 0 saturated heterocycles. The Bertz CT molecular complexity index is 205. The topological polar surface area (TPSA) is 40.2 Å². The third kappa shape index (κ3) is 1.79. The lowest BCUT2D eigenvalue weighted by molar-refractivity contribution is -0.469. The van der Waals surface area contributed by atoms with Gasteiger partial charge in [0.15, 0.2) is 0 Å². The summed E-state index contributed by atoms with van der Waals surface area (Å²) < 4.78 is 5.44. The van der Waals surface area contributed by atoms with Gasteiger partial charge in [0.2, 0.25) is 0 Å². The molecule has 3 heteroatoms. The highest BCUT2D eigenvalue weighted by Gasteiger charge is 2.17. The highest BCUT2D eigenvalue weighted by Crippen LogP contribution is 2.14. The van der Waals surface area contributed by atoms with Gasteiger partial charge in [-0.25, -0.2) is 0 Å². The SMILES string of the molecule is CC(C)c1n[nH+]c(C(C)C)o1. The Labute approximate surface area is 66.8 Å². The number of hydrogen-bond donors (Lipinski definition) is 0. The van der Waals surface area contributed by atoms with Crippen LogP contribution in [0.5, 0.6) is 0 Å². The Morgan fingerprint density at radius 1 is 1.18 bits per heavy atom. The molecule has 0 aromatic carbocycles. The molecule has 62 valence electrons. The lowest BCUT2D eigenvalue weighted by Crippen LogP contribution is -2.10. The summed E-state index contributed by atoms with van der Waals surface area (Å²) in [4.78, 5) is 0. The molecule has 3 nitrogen and oxygen atoms in total. The van der Waals surface area contributed by atoms with Crippen molar-refractivity contribution in [2.75, 3.05) is 0 Å². The van der Waals surface area contributed by atoms with E-state index in [9.17, 15) is 0 Å². The van der Waals surface area contributed by atoms with Gasteiger partial charge in [-0.15, -0.1) is 0 Å². The minimum absolute atomic E-state index is 0.360. The van der Waals surface area contributed by atoms with Crippen molar-refractivity contribution in [3.05, 3.63) is 11.8 Å². The average molecular weight is 155 g/mol. The van der Waals surface area contributed by atoms with Crippen molar-refractivity contribution < 1.29 is 9.52 Å². The Hall–Kier alpha value is -0.860. The van der Waals surface area contributed by atoms with Gasteiger partial charge < -0.3 is 4.42 Å². The summed E-state index contributed by atoms with van der Waals surface area (Å²) in [6.45, 7) is 8.26. The fraction of sp³-hybridized carbons (Fsp3) is 0.750. The maximum absolute atomic E-state index is 5.44. The van der Waals surface area contributed by atoms with E-state index in [-0.39, 0.29) is 0 Å². The first kappa shape index (κ1) is 8.24. The monoisotopic (exact) mass is 155 g/mol. The van der Waals surface area contributed by atoms with Crippen LogP contribution >= 0.6 is 0 Å². The number of aromatic amines is 1. The summed E-state index contributed by atoms with van der Waals surface area (Å²) in [7, 11) is 0. The first-order valence-corrected chi connectivity index (χ1v) is 3.99. The molecule has 1 N–H and O–H groups in total. The first-order valence-electron chi connectivity index (χ1n) is 3.99. The summed E-state index contributed by atoms with van der Waals surface area (Å²) in [6.07, 6.45) is 0. The van der Waals surface area contributed by atoms with Crippen LogP contribution in [0.1, 0.15) is 51.3 Å². The number of nitrogens with zero attached hydrogens (tertiary/aromatic N) is 1. The van der Waals surface area contributed by atoms with E-state index in [1.165, 1.54) is 0 Å². The fourth-order valence-electron chi connectivity index (χ4n) is 0.762. The van der Waals surface area contributed by atoms with Gasteiger partial charge in [-0.05, 0) is 13.8 Å². The predicted molar refractivity (Wildman–Crippen MR) is 41.2 cm³/mol. The molecule has 0 spiro atoms. The number of aromatic nitrogens is 2. The van der Waals surface area contributed by atoms with Crippen molar-refractivity contribution in [2.45, 2.75) is 39.5 Å². The maximum Gasteiger partial charge on any atom is 0.374 e. The van der Waals surface area contributed by atoms with E-state index in [0.29, 0.717) is 11.8 Å². The third-order valence-electron chi connectivity index (χ3n) is 1.51. The van der Waals surface area contributed by atoms with Gasteiger partial charge in [0.25, 0.3) is 5.89 Å². The van der Waals surface area contributed by atoms with Crippen molar-refractivity contribution in [1.82, 2.24) is 5.10 Å². The van der Waals surface area contributed by atoms with E-state index in [1.807, 2.05) is 0 Å². The van der Waals surface area contributed by atoms with Crippen molar-refractivity contribution >= 4 is 0 Å². The van der Waals surface area contributed by atoms with E-state index in [4.69, 9.17) is 4.42 Å². The Morgan fingerprint density at radius 2 is 1.82 bits per heavy atom. The van der Waals surface area contributed by atoms with E-state index >= 15 is 0 Å². The largest absolute Gasteiger partial charge is 0.385 e. The lowest BCUT2D eigenvalue weighted by Gasteiger charge is -1.92. The second kappa shape index (κ2) is 3.03. The van der Waals surface area contributed by atoms with Crippen LogP contribution in [0.15, 0.2) is 4.42 Å². The lowest BCUT2D eigenvalue weighted by atomic mass is 10.2. The molecule has 1 aromatic rings. The molecule has 0 saturated carbocycles. The van der Waals surface area contributed by atoms with Crippen molar-refractivity contribution in [3.63, 3.8) is 0 Å². The van der Waals surface area contributed by atoms with Crippen LogP contribution in [0.2, 0.25) is 0 Å². The molecule has 0 unspecified atom stereocenters. The first-order chi connectivity index (χ1) is 5.11. The van der Waals surface area contributed by atoms with E-state index in [1.54, 1.807) is 0 Å². The van der Waals surface area contributed by atoms with Crippen molar-refractivity contribution in [3.8, 4) is 0 Å². The molecular formula is C8H15N2O+. The molecule has 0 radical (unpaired) electrons. The van der Waals surface area contributed by atoms with E-state index in [2.05, 4.69) is 37.9 Å². The zero-order valence-electron chi connectivity index (χ0n) is 7.51. The highest BCUT2D eigenvalue weighted by atomic mass is 16.4. The second-order valence-electron chi connectivity index (χ2n) is 3.34. The maximum atomic E-state index is 5.44. The summed E-state index contributed by atoms with van der Waals surface area (Å²) in [5.74, 6) is 2.39. The van der Waals surface area contributed by atoms with Gasteiger partial charge in [0.1, 0.15) is 0 Å². The molecule has 0 amide bonds. The Kier molecular flexibility index (Phi) is 2.27. The van der Waals surface area contributed by atoms with Crippen molar-refractivity contribution in [1.29, 1.82) is 0 Å². The molecule has 1 aromatic heterocycles. The van der Waals surface area contributed by atoms with Crippen LogP contribution in [0.3, 0.4) is 0 Å². The van der Waals surface area contributed by atoms with Crippen molar-refractivity contribution in [2.24, 2.45) is 0 Å². The number of H-pyrrole nitrogens is 1. The molecular weight excluding hydrogens is 140 g/mol. The number of rotatable bonds is 2. The molecule has 0 aliphatic rings. The van der Waals surface area contributed by atoms with Gasteiger partial charge in [0, 0.05) is 11.0 Å². The van der Waals surface area contributed by atoms with Crippen LogP contribution in [-0.4, -0.2) is 5.10 Å². The fourth-order valence-corrected chi connectivity index (χ4v) is 0.762. The molecule has 0 atom stereocenters. The predicted octanol–water partition coefficient (Wildman–Crippen LogP) is 1.74.